The molecule has 3 saturated heterocycles. The van der Waals surface area contributed by atoms with Gasteiger partial charge in [0.1, 0.15) is 61.0 Å². The molecule has 0 radical (unpaired) electrons. The first-order valence-electron chi connectivity index (χ1n) is 23.7. The van der Waals surface area contributed by atoms with E-state index in [4.69, 9.17) is 28.4 Å². The van der Waals surface area contributed by atoms with E-state index in [0.717, 1.165) is 44.9 Å². The lowest BCUT2D eigenvalue weighted by molar-refractivity contribution is -0.378. The van der Waals surface area contributed by atoms with Crippen LogP contribution in [0.2, 0.25) is 0 Å². The van der Waals surface area contributed by atoms with E-state index in [-0.39, 0.29) is 39.4 Å². The minimum Gasteiger partial charge on any atom is -0.481 e. The fraction of sp³-hybridized carbons (Fsp3) is 0.915. The molecular formula is C47H74O18. The summed E-state index contributed by atoms with van der Waals surface area (Å²) < 4.78 is 35.8. The van der Waals surface area contributed by atoms with Crippen molar-refractivity contribution in [2.75, 3.05) is 13.2 Å². The van der Waals surface area contributed by atoms with Gasteiger partial charge in [-0.25, -0.2) is 4.79 Å². The molecule has 0 spiro atoms. The summed E-state index contributed by atoms with van der Waals surface area (Å²) in [6, 6.07) is 0. The van der Waals surface area contributed by atoms with Crippen LogP contribution in [-0.2, 0) is 38.0 Å². The normalized spacial score (nSPS) is 52.6. The highest BCUT2D eigenvalue weighted by atomic mass is 16.8. The number of ether oxygens (including phenoxy) is 6. The van der Waals surface area contributed by atoms with E-state index in [1.54, 1.807) is 0 Å². The molecule has 0 aromatic carbocycles. The molecule has 10 N–H and O–H groups in total. The smallest absolute Gasteiger partial charge is 0.335 e. The van der Waals surface area contributed by atoms with E-state index >= 15 is 0 Å². The van der Waals surface area contributed by atoms with Crippen LogP contribution in [0.25, 0.3) is 0 Å². The molecule has 0 unspecified atom stereocenters. The van der Waals surface area contributed by atoms with Crippen molar-refractivity contribution in [2.45, 2.75) is 205 Å². The van der Waals surface area contributed by atoms with Crippen LogP contribution >= 0.6 is 0 Å². The number of hydrogen-bond acceptors (Lipinski definition) is 16. The molecule has 7 fully saturated rings. The van der Waals surface area contributed by atoms with E-state index in [0.29, 0.717) is 19.3 Å². The molecule has 22 atom stereocenters. The van der Waals surface area contributed by atoms with Crippen LogP contribution in [0.4, 0.5) is 0 Å². The predicted molar refractivity (Wildman–Crippen MR) is 225 cm³/mol. The first-order chi connectivity index (χ1) is 30.3. The minimum absolute atomic E-state index is 0.0127. The molecule has 0 amide bonds. The van der Waals surface area contributed by atoms with Crippen LogP contribution in [-0.4, -0.2) is 168 Å². The summed E-state index contributed by atoms with van der Waals surface area (Å²) in [5.74, 6) is -1.89. The van der Waals surface area contributed by atoms with Crippen LogP contribution in [0.3, 0.4) is 0 Å². The average molecular weight is 927 g/mol. The Bertz CT molecular complexity index is 1820. The number of carboxylic acid groups (broad SMARTS) is 2. The average Bonchev–Trinajstić information content (AvgIpc) is 3.51. The summed E-state index contributed by atoms with van der Waals surface area (Å²) in [6.45, 7) is 14.5. The van der Waals surface area contributed by atoms with Crippen molar-refractivity contribution in [2.24, 2.45) is 50.2 Å². The van der Waals surface area contributed by atoms with Gasteiger partial charge in [0, 0.05) is 0 Å². The Morgan fingerprint density at radius 2 is 1.22 bits per heavy atom. The SMILES string of the molecule is CC1(C)CC[C@]2(C(=O)O)CC[C@]3(C)C(=CC[C@@H]4[C@@]5(C)CC[C@@H](O[C@@H]6O[C@H](C(=O)O)[C@@H](O[C@@H]7O[C@@H](CO)[C@H](O)[C@H]7O)[C@H](O[C@@H]7O[C@H](CO)[C@@H](O)[C@H](O)[C@H]7O)[C@H]6O)C(C)(C)[C@H]5CC[C@]43C)[C@H]2C1. The maximum atomic E-state index is 13.1. The summed E-state index contributed by atoms with van der Waals surface area (Å²) in [7, 11) is 0. The summed E-state index contributed by atoms with van der Waals surface area (Å²) in [6.07, 6.45) is -14.9. The number of carbonyl (C=O) groups is 2. The highest BCUT2D eigenvalue weighted by Crippen LogP contribution is 2.76. The molecule has 5 aliphatic carbocycles. The third-order valence-corrected chi connectivity index (χ3v) is 19.0. The Balaban J connectivity index is 1.06. The molecule has 3 aliphatic heterocycles. The zero-order valence-corrected chi connectivity index (χ0v) is 38.7. The molecule has 8 aliphatic rings. The fourth-order valence-corrected chi connectivity index (χ4v) is 14.9. The third kappa shape index (κ3) is 7.67. The quantitative estimate of drug-likeness (QED) is 0.110. The zero-order valence-electron chi connectivity index (χ0n) is 38.7. The number of allylic oxidation sites excluding steroid dienone is 2. The first-order valence-corrected chi connectivity index (χ1v) is 23.7. The minimum atomic E-state index is -1.99. The molecule has 4 saturated carbocycles. The van der Waals surface area contributed by atoms with Gasteiger partial charge in [-0.05, 0) is 109 Å². The Kier molecular flexibility index (Phi) is 13.1. The number of aliphatic hydroxyl groups excluding tert-OH is 8. The lowest BCUT2D eigenvalue weighted by Crippen LogP contribution is -2.68. The first kappa shape index (κ1) is 49.5. The van der Waals surface area contributed by atoms with Gasteiger partial charge in [0.15, 0.2) is 25.0 Å². The third-order valence-electron chi connectivity index (χ3n) is 19.0. The number of fused-ring (bicyclic) bond motifs is 7. The second kappa shape index (κ2) is 17.2. The molecule has 3 heterocycles. The summed E-state index contributed by atoms with van der Waals surface area (Å²) in [4.78, 5) is 26.2. The van der Waals surface area contributed by atoms with Crippen LogP contribution in [0, 0.1) is 50.2 Å². The van der Waals surface area contributed by atoms with Crippen molar-refractivity contribution in [3.05, 3.63) is 11.6 Å². The van der Waals surface area contributed by atoms with Crippen LogP contribution in [0.5, 0.6) is 0 Å². The second-order valence-corrected chi connectivity index (χ2v) is 23.0. The van der Waals surface area contributed by atoms with Gasteiger partial charge in [0.2, 0.25) is 0 Å². The van der Waals surface area contributed by atoms with Crippen LogP contribution in [0.15, 0.2) is 11.6 Å². The number of hydrogen-bond donors (Lipinski definition) is 10. The van der Waals surface area contributed by atoms with E-state index in [1.165, 1.54) is 5.57 Å². The number of aliphatic carboxylic acids is 2. The van der Waals surface area contributed by atoms with Gasteiger partial charge < -0.3 is 79.5 Å². The molecule has 0 bridgehead atoms. The molecule has 0 aromatic rings. The van der Waals surface area contributed by atoms with E-state index < -0.39 is 128 Å². The van der Waals surface area contributed by atoms with Crippen molar-refractivity contribution in [3.8, 4) is 0 Å². The number of aliphatic hydroxyl groups is 8. The second-order valence-electron chi connectivity index (χ2n) is 23.0. The fourth-order valence-electron chi connectivity index (χ4n) is 14.9. The van der Waals surface area contributed by atoms with Crippen molar-refractivity contribution < 1.29 is 89.1 Å². The topological polar surface area (TPSA) is 292 Å². The maximum Gasteiger partial charge on any atom is 0.335 e. The lowest BCUT2D eigenvalue weighted by Gasteiger charge is -2.71. The molecule has 0 aromatic heterocycles. The van der Waals surface area contributed by atoms with Gasteiger partial charge in [-0.3, -0.25) is 4.79 Å². The molecule has 370 valence electrons. The molecule has 18 heteroatoms. The van der Waals surface area contributed by atoms with Crippen molar-refractivity contribution >= 4 is 11.9 Å². The molecule has 8 rings (SSSR count). The zero-order chi connectivity index (χ0) is 47.6. The molecule has 65 heavy (non-hydrogen) atoms. The van der Waals surface area contributed by atoms with E-state index in [2.05, 4.69) is 54.5 Å². The highest BCUT2D eigenvalue weighted by Gasteiger charge is 2.70. The summed E-state index contributed by atoms with van der Waals surface area (Å²) in [5.41, 5.74) is -0.370. The van der Waals surface area contributed by atoms with Gasteiger partial charge >= 0.3 is 11.9 Å². The van der Waals surface area contributed by atoms with E-state index in [1.807, 2.05) is 0 Å². The Morgan fingerprint density at radius 1 is 0.646 bits per heavy atom. The highest BCUT2D eigenvalue weighted by molar-refractivity contribution is 5.76. The Labute approximate surface area is 380 Å². The number of rotatable bonds is 10. The number of carboxylic acids is 2. The predicted octanol–water partition coefficient (Wildman–Crippen LogP) is 1.44. The van der Waals surface area contributed by atoms with Crippen molar-refractivity contribution in [1.29, 1.82) is 0 Å². The van der Waals surface area contributed by atoms with Crippen LogP contribution < -0.4 is 0 Å². The van der Waals surface area contributed by atoms with Crippen LogP contribution in [0.1, 0.15) is 113 Å². The van der Waals surface area contributed by atoms with Gasteiger partial charge in [-0.15, -0.1) is 0 Å². The monoisotopic (exact) mass is 926 g/mol. The Hall–Kier alpha value is -1.88. The molecular weight excluding hydrogens is 852 g/mol. The summed E-state index contributed by atoms with van der Waals surface area (Å²) >= 11 is 0. The largest absolute Gasteiger partial charge is 0.481 e. The lowest BCUT2D eigenvalue weighted by atomic mass is 9.33. The van der Waals surface area contributed by atoms with Gasteiger partial charge in [-0.1, -0.05) is 60.1 Å². The summed E-state index contributed by atoms with van der Waals surface area (Å²) in [5, 5.41) is 106. The van der Waals surface area contributed by atoms with Crippen molar-refractivity contribution in [1.82, 2.24) is 0 Å². The Morgan fingerprint density at radius 3 is 1.82 bits per heavy atom. The van der Waals surface area contributed by atoms with Gasteiger partial charge in [-0.2, -0.15) is 0 Å². The standard InChI is InChI=1S/C47H74O18/c1-42(2)14-16-47(41(58)59)17-15-45(6)21(22(47)18-42)8-9-26-44(5)12-11-27(43(3,4)25(44)10-13-46(26,45)7)62-40-33(55)34(63-39-32(54)30(52)28(50)23(19-48)60-39)35(36(65-40)37(56)57)64-38-31(53)29(51)24(20-49)61-38/h8,22-36,38-40,48-55H,9-20H2,1-7H3,(H,56,57)(H,58,59)/t22-,23-,24+,25-,26-,27-,28-,29+,30+,31-,32-,33-,34-,35+,36+,38+,39+,40-,44+,45-,46-,47+/m1/s1. The van der Waals surface area contributed by atoms with Gasteiger partial charge in [0.05, 0.1) is 24.7 Å². The van der Waals surface area contributed by atoms with E-state index in [9.17, 15) is 60.7 Å². The maximum absolute atomic E-state index is 13.1. The molecule has 18 nitrogen and oxygen atoms in total. The van der Waals surface area contributed by atoms with Crippen molar-refractivity contribution in [3.63, 3.8) is 0 Å². The van der Waals surface area contributed by atoms with Gasteiger partial charge in [0.25, 0.3) is 0 Å².